The molecule has 0 spiro atoms. The molecule has 41 heavy (non-hydrogen) atoms. The molecule has 211 valence electrons. The molecule has 0 saturated heterocycles. The molecule has 6 aromatic rings. The van der Waals surface area contributed by atoms with E-state index < -0.39 is 8.07 Å². The first-order valence-electron chi connectivity index (χ1n) is 13.4. The van der Waals surface area contributed by atoms with Crippen LogP contribution in [0.4, 0.5) is 0 Å². The molecular weight excluding hydrogens is 719 g/mol. The number of aliphatic hydroxyl groups excluding tert-OH is 1. The minimum absolute atomic E-state index is 0. The fraction of sp³-hybridized carbons (Fsp3) is 0.171. The molecule has 0 atom stereocenters. The summed E-state index contributed by atoms with van der Waals surface area (Å²) in [6, 6.07) is 30.3. The third kappa shape index (κ3) is 6.02. The number of fused-ring (bicyclic) bond motifs is 6. The van der Waals surface area contributed by atoms with Crippen molar-refractivity contribution >= 4 is 72.2 Å². The fourth-order valence-corrected chi connectivity index (χ4v) is 8.13. The molecule has 0 saturated carbocycles. The quantitative estimate of drug-likeness (QED) is 0.0492. The molecule has 0 fully saturated rings. The average Bonchev–Trinajstić information content (AvgIpc) is 3.26. The van der Waals surface area contributed by atoms with Gasteiger partial charge in [0, 0.05) is 37.9 Å². The van der Waals surface area contributed by atoms with Gasteiger partial charge in [-0.2, -0.15) is 11.3 Å². The Hall–Kier alpha value is -3.28. The second-order valence-corrected chi connectivity index (χ2v) is 17.5. The minimum Gasteiger partial charge on any atom is -0.512 e. The van der Waals surface area contributed by atoms with Gasteiger partial charge in [-0.05, 0) is 58.3 Å². The topological polar surface area (TPSA) is 41.2 Å². The van der Waals surface area contributed by atoms with Crippen LogP contribution < -0.4 is 9.75 Å². The molecule has 2 aromatic heterocycles. The molecule has 1 radical (unpaired) electrons. The Morgan fingerprint density at radius 3 is 2.24 bits per heavy atom. The number of benzene rings is 4. The summed E-state index contributed by atoms with van der Waals surface area (Å²) in [5, 5.41) is 16.4. The van der Waals surface area contributed by atoms with Crippen molar-refractivity contribution in [2.24, 2.45) is 0 Å². The fourth-order valence-electron chi connectivity index (χ4n) is 5.36. The van der Waals surface area contributed by atoms with Crippen molar-refractivity contribution in [3.63, 3.8) is 0 Å². The molecule has 2 heterocycles. The third-order valence-electron chi connectivity index (χ3n) is 7.06. The first-order valence-corrected chi connectivity index (χ1v) is 17.7. The molecule has 3 nitrogen and oxygen atoms in total. The number of hydrogen-bond donors (Lipinski definition) is 1. The van der Waals surface area contributed by atoms with E-state index in [1.54, 1.807) is 0 Å². The van der Waals surface area contributed by atoms with Gasteiger partial charge in [0.05, 0.1) is 13.8 Å². The summed E-state index contributed by atoms with van der Waals surface area (Å²) >= 11 is 1.86. The van der Waals surface area contributed by atoms with E-state index in [1.807, 2.05) is 11.3 Å². The van der Waals surface area contributed by atoms with Crippen LogP contribution in [0.5, 0.6) is 0 Å². The molecule has 6 rings (SSSR count). The average molecular weight is 753 g/mol. The summed E-state index contributed by atoms with van der Waals surface area (Å²) in [6.45, 7) is 12.3. The first-order chi connectivity index (χ1) is 19.0. The van der Waals surface area contributed by atoms with Crippen LogP contribution in [0.3, 0.4) is 0 Å². The van der Waals surface area contributed by atoms with Gasteiger partial charge in [-0.3, -0.25) is 4.79 Å². The summed E-state index contributed by atoms with van der Waals surface area (Å²) < 4.78 is 4.75. The van der Waals surface area contributed by atoms with Crippen molar-refractivity contribution in [1.29, 1.82) is 0 Å². The van der Waals surface area contributed by atoms with E-state index in [-0.39, 0.29) is 31.6 Å². The zero-order chi connectivity index (χ0) is 28.8. The number of aryl methyl sites for hydroxylation is 1. The minimum atomic E-state index is -1.67. The van der Waals surface area contributed by atoms with Gasteiger partial charge in [0.1, 0.15) is 11.2 Å². The van der Waals surface area contributed by atoms with E-state index in [2.05, 4.69) is 117 Å². The normalized spacial score (nSPS) is 11.9. The molecule has 0 amide bonds. The van der Waals surface area contributed by atoms with Gasteiger partial charge < -0.3 is 9.67 Å². The van der Waals surface area contributed by atoms with Crippen LogP contribution in [0.2, 0.25) is 19.6 Å². The van der Waals surface area contributed by atoms with Crippen LogP contribution in [-0.2, 0) is 24.9 Å². The van der Waals surface area contributed by atoms with E-state index in [0.717, 1.165) is 16.8 Å². The van der Waals surface area contributed by atoms with Gasteiger partial charge in [0.2, 0.25) is 0 Å². The molecule has 4 aromatic carbocycles. The Labute approximate surface area is 260 Å². The Balaban J connectivity index is 0.000000434. The zero-order valence-corrected chi connectivity index (χ0v) is 28.5. The molecule has 0 aliphatic carbocycles. The summed E-state index contributed by atoms with van der Waals surface area (Å²) in [5.74, 6) is -0.0625. The predicted octanol–water partition coefficient (Wildman–Crippen LogP) is 8.64. The largest absolute Gasteiger partial charge is 0.512 e. The van der Waals surface area contributed by atoms with Crippen LogP contribution in [0.25, 0.3) is 53.1 Å². The summed E-state index contributed by atoms with van der Waals surface area (Å²) in [7, 11) is 2.90. The van der Waals surface area contributed by atoms with E-state index in [1.165, 1.54) is 67.0 Å². The van der Waals surface area contributed by atoms with E-state index in [9.17, 15) is 4.79 Å². The third-order valence-corrected chi connectivity index (χ3v) is 10.3. The number of carbonyl (C=O) groups excluding carboxylic acids is 1. The van der Waals surface area contributed by atoms with Crippen molar-refractivity contribution in [3.05, 3.63) is 103 Å². The molecule has 0 unspecified atom stereocenters. The van der Waals surface area contributed by atoms with Crippen LogP contribution in [0, 0.1) is 20.0 Å². The van der Waals surface area contributed by atoms with Crippen LogP contribution in [-0.4, -0.2) is 19.0 Å². The number of aliphatic hydroxyl groups is 1. The number of rotatable bonds is 3. The Morgan fingerprint density at radius 2 is 1.61 bits per heavy atom. The van der Waals surface area contributed by atoms with Gasteiger partial charge in [-0.15, -0.1) is 17.7 Å². The standard InChI is InChI=1S/C30H26NSSi.C5H8O2.Ir/c1-19-16-23-22-12-8-9-13-27(22)32-30(23)24(17-19)26-18-28(33(3,4)5)29-21-11-7-6-10-20(21)14-15-25(29)31(26)2;1-4(6)3-5(2)7;/h6-16,18H,2H2,1,3-5H3;3,6H,1-2H3;/q-1;;/b;4-3-;. The monoisotopic (exact) mass is 753 g/mol. The number of hydrogen-bond acceptors (Lipinski definition) is 3. The molecule has 0 aliphatic heterocycles. The molecule has 0 aliphatic rings. The zero-order valence-electron chi connectivity index (χ0n) is 24.3. The number of nitrogens with zero attached hydrogens (tertiary/aromatic N) is 1. The van der Waals surface area contributed by atoms with Crippen molar-refractivity contribution < 1.29 is 34.6 Å². The molecule has 0 bridgehead atoms. The first kappa shape index (κ1) is 30.7. The van der Waals surface area contributed by atoms with Gasteiger partial charge >= 0.3 is 0 Å². The number of ketones is 1. The number of pyridine rings is 1. The van der Waals surface area contributed by atoms with Crippen LogP contribution in [0.1, 0.15) is 19.4 Å². The van der Waals surface area contributed by atoms with Crippen LogP contribution >= 0.6 is 11.3 Å². The van der Waals surface area contributed by atoms with E-state index in [0.29, 0.717) is 0 Å². The number of aromatic nitrogens is 1. The number of allylic oxidation sites excluding steroid dienone is 2. The maximum absolute atomic E-state index is 10.0. The maximum atomic E-state index is 10.0. The molecule has 6 heteroatoms. The van der Waals surface area contributed by atoms with E-state index in [4.69, 9.17) is 5.11 Å². The SMILES string of the molecule is CC(=O)/C=C(/C)O.[CH2-][n+]1c(-c2[c-]c(C)cc3c2sc2ccccc23)cc([Si](C)(C)C)c2c3ccccc3ccc21.[Ir]. The van der Waals surface area contributed by atoms with Gasteiger partial charge in [-0.25, -0.2) is 0 Å². The van der Waals surface area contributed by atoms with Gasteiger partial charge in [0.25, 0.3) is 0 Å². The van der Waals surface area contributed by atoms with Crippen LogP contribution in [0.15, 0.2) is 84.6 Å². The number of carbonyl (C=O) groups is 1. The summed E-state index contributed by atoms with van der Waals surface area (Å²) in [6.07, 6.45) is 1.17. The molecule has 1 N–H and O–H groups in total. The summed E-state index contributed by atoms with van der Waals surface area (Å²) in [4.78, 5) is 10.0. The van der Waals surface area contributed by atoms with Crippen molar-refractivity contribution in [2.45, 2.75) is 40.4 Å². The molecular formula is C35H34IrNO2SSi-. The second-order valence-electron chi connectivity index (χ2n) is 11.4. The Morgan fingerprint density at radius 1 is 0.951 bits per heavy atom. The van der Waals surface area contributed by atoms with Crippen molar-refractivity contribution in [2.75, 3.05) is 0 Å². The predicted molar refractivity (Wildman–Crippen MR) is 174 cm³/mol. The maximum Gasteiger partial charge on any atom is 0.155 e. The summed E-state index contributed by atoms with van der Waals surface area (Å²) in [5.41, 5.74) is 4.66. The van der Waals surface area contributed by atoms with Crippen molar-refractivity contribution in [1.82, 2.24) is 0 Å². The van der Waals surface area contributed by atoms with Crippen molar-refractivity contribution in [3.8, 4) is 11.3 Å². The second kappa shape index (κ2) is 11.9. The van der Waals surface area contributed by atoms with E-state index >= 15 is 0 Å². The van der Waals surface area contributed by atoms with Gasteiger partial charge in [-0.1, -0.05) is 91.2 Å². The smallest absolute Gasteiger partial charge is 0.155 e. The Kier molecular flexibility index (Phi) is 8.91. The van der Waals surface area contributed by atoms with Gasteiger partial charge in [0.15, 0.2) is 5.78 Å². The number of thiophene rings is 1. The Bertz CT molecular complexity index is 1960.